The molecule has 7 rings (SSSR count). The first kappa shape index (κ1) is 35.4. The number of likely N-dealkylation sites (tertiary alicyclic amines) is 1. The summed E-state index contributed by atoms with van der Waals surface area (Å²) in [4.78, 5) is 3.52. The molecule has 0 radical (unpaired) electrons. The van der Waals surface area contributed by atoms with Crippen LogP contribution < -0.4 is 0 Å². The molecule has 1 saturated heterocycles. The zero-order chi connectivity index (χ0) is 34.7. The lowest BCUT2D eigenvalue weighted by Gasteiger charge is -2.54. The lowest BCUT2D eigenvalue weighted by atomic mass is 9.56. The highest BCUT2D eigenvalue weighted by Gasteiger charge is 2.64. The number of halogens is 3. The van der Waals surface area contributed by atoms with Gasteiger partial charge >= 0.3 is 0 Å². The Hall–Kier alpha value is -1.98. The van der Waals surface area contributed by atoms with E-state index >= 15 is 13.2 Å². The number of thioether (sulfide) groups is 1. The van der Waals surface area contributed by atoms with Gasteiger partial charge in [-0.1, -0.05) is 108 Å². The molecule has 0 bridgehead atoms. The zero-order valence-corrected chi connectivity index (χ0v) is 31.5. The average molecular weight is 690 g/mol. The van der Waals surface area contributed by atoms with Gasteiger partial charge in [-0.25, -0.2) is 13.2 Å². The van der Waals surface area contributed by atoms with Crippen LogP contribution >= 0.6 is 11.8 Å². The largest absolute Gasteiger partial charge is 0.299 e. The predicted octanol–water partition coefficient (Wildman–Crippen LogP) is 12.6. The van der Waals surface area contributed by atoms with Crippen LogP contribution in [-0.2, 0) is 0 Å². The molecule has 1 heterocycles. The number of piperidine rings is 1. The number of benzene rings is 2. The van der Waals surface area contributed by atoms with Gasteiger partial charge in [-0.3, -0.25) is 4.90 Å². The standard InChI is InChI=1S/C44H58F3NS/c1-28(2)36-18-21-42(6,34-11-9-12-34)27-39(36)48-22-19-33(20-23-48)41-37-13-8-7-10-31(37)14-15-32-16-17-35(25-38(32)41)49-43(46)26-30(5)24-40(45)44(43,47)29(3)4/h7-8,10,13-17,25,28-30,34,36,39-40H,9,11-12,18-24,26-27H2,1-6H3. The number of hydrogen-bond donors (Lipinski definition) is 0. The summed E-state index contributed by atoms with van der Waals surface area (Å²) in [6.45, 7) is 14.7. The zero-order valence-electron chi connectivity index (χ0n) is 30.7. The number of rotatable bonds is 6. The molecule has 1 aliphatic heterocycles. The number of hydrogen-bond acceptors (Lipinski definition) is 2. The normalized spacial score (nSPS) is 35.7. The topological polar surface area (TPSA) is 3.24 Å². The first-order chi connectivity index (χ1) is 23.3. The van der Waals surface area contributed by atoms with Crippen molar-refractivity contribution in [3.63, 3.8) is 0 Å². The third-order valence-electron chi connectivity index (χ3n) is 13.7. The van der Waals surface area contributed by atoms with Crippen LogP contribution in [0.25, 0.3) is 17.7 Å². The summed E-state index contributed by atoms with van der Waals surface area (Å²) >= 11 is 0.913. The third kappa shape index (κ3) is 6.30. The van der Waals surface area contributed by atoms with E-state index in [1.165, 1.54) is 60.8 Å². The molecule has 0 amide bonds. The summed E-state index contributed by atoms with van der Waals surface area (Å²) < 4.78 is 49.0. The first-order valence-electron chi connectivity index (χ1n) is 19.4. The van der Waals surface area contributed by atoms with Gasteiger partial charge in [0, 0.05) is 24.0 Å². The molecule has 0 N–H and O–H groups in total. The Balaban J connectivity index is 1.22. The predicted molar refractivity (Wildman–Crippen MR) is 202 cm³/mol. The fourth-order valence-corrected chi connectivity index (χ4v) is 12.1. The number of fused-ring (bicyclic) bond motifs is 2. The fourth-order valence-electron chi connectivity index (χ4n) is 10.5. The molecule has 7 unspecified atom stereocenters. The van der Waals surface area contributed by atoms with Gasteiger partial charge in [-0.15, -0.1) is 0 Å². The molecule has 266 valence electrons. The van der Waals surface area contributed by atoms with Crippen LogP contribution in [0.3, 0.4) is 0 Å². The van der Waals surface area contributed by atoms with Crippen molar-refractivity contribution in [2.24, 2.45) is 35.0 Å². The maximum atomic E-state index is 17.0. The van der Waals surface area contributed by atoms with E-state index in [0.29, 0.717) is 22.3 Å². The van der Waals surface area contributed by atoms with E-state index in [1.54, 1.807) is 13.8 Å². The summed E-state index contributed by atoms with van der Waals surface area (Å²) in [5.74, 6) is 1.36. The van der Waals surface area contributed by atoms with Crippen LogP contribution in [0.1, 0.15) is 128 Å². The van der Waals surface area contributed by atoms with Gasteiger partial charge in [0.05, 0.1) is 0 Å². The highest BCUT2D eigenvalue weighted by atomic mass is 32.2. The van der Waals surface area contributed by atoms with Crippen LogP contribution in [0.15, 0.2) is 52.9 Å². The molecule has 1 nitrogen and oxygen atoms in total. The lowest BCUT2D eigenvalue weighted by molar-refractivity contribution is -0.113. The minimum atomic E-state index is -2.54. The van der Waals surface area contributed by atoms with Gasteiger partial charge in [-0.05, 0) is 133 Å². The van der Waals surface area contributed by atoms with Gasteiger partial charge in [0.25, 0.3) is 0 Å². The van der Waals surface area contributed by atoms with Gasteiger partial charge in [0.2, 0.25) is 0 Å². The van der Waals surface area contributed by atoms with Gasteiger partial charge in [0.15, 0.2) is 10.7 Å². The maximum absolute atomic E-state index is 17.0. The van der Waals surface area contributed by atoms with Crippen molar-refractivity contribution in [3.05, 3.63) is 70.3 Å². The molecule has 0 spiro atoms. The Labute approximate surface area is 298 Å². The van der Waals surface area contributed by atoms with E-state index < -0.39 is 22.8 Å². The molecule has 2 aromatic carbocycles. The highest BCUT2D eigenvalue weighted by Crippen LogP contribution is 2.59. The highest BCUT2D eigenvalue weighted by molar-refractivity contribution is 8.00. The van der Waals surface area contributed by atoms with E-state index in [0.717, 1.165) is 60.7 Å². The van der Waals surface area contributed by atoms with Crippen LogP contribution in [0.5, 0.6) is 0 Å². The van der Waals surface area contributed by atoms with E-state index in [1.807, 2.05) is 13.0 Å². The fraction of sp³-hybridized carbons (Fsp3) is 0.636. The molecule has 0 aromatic heterocycles. The molecule has 4 aliphatic carbocycles. The van der Waals surface area contributed by atoms with Crippen molar-refractivity contribution in [2.45, 2.75) is 134 Å². The SMILES string of the molecule is CC1CC(F)C(F)(C(C)C)C(F)(Sc2ccc3c(c2)C(=C2CCN(C4CC(C)(C5CCC5)CCC4C(C)C)CC2)c2ccccc2C=C3)C1. The molecule has 49 heavy (non-hydrogen) atoms. The van der Waals surface area contributed by atoms with Gasteiger partial charge < -0.3 is 0 Å². The minimum Gasteiger partial charge on any atom is -0.299 e. The molecule has 2 aromatic rings. The van der Waals surface area contributed by atoms with Crippen LogP contribution in [-0.4, -0.2) is 40.9 Å². The molecular formula is C44H58F3NS. The molecule has 7 atom stereocenters. The first-order valence-corrected chi connectivity index (χ1v) is 20.2. The minimum absolute atomic E-state index is 0.00863. The van der Waals surface area contributed by atoms with E-state index in [9.17, 15) is 0 Å². The lowest BCUT2D eigenvalue weighted by Crippen LogP contribution is -2.59. The Morgan fingerprint density at radius 1 is 0.878 bits per heavy atom. The van der Waals surface area contributed by atoms with E-state index in [2.05, 4.69) is 74.2 Å². The van der Waals surface area contributed by atoms with Crippen molar-refractivity contribution >= 4 is 29.5 Å². The Bertz CT molecular complexity index is 1580. The van der Waals surface area contributed by atoms with E-state index in [4.69, 9.17) is 0 Å². The Kier molecular flexibility index (Phi) is 9.78. The monoisotopic (exact) mass is 689 g/mol. The van der Waals surface area contributed by atoms with Crippen LogP contribution in [0.4, 0.5) is 13.2 Å². The van der Waals surface area contributed by atoms with Gasteiger partial charge in [-0.2, -0.15) is 0 Å². The molecule has 4 fully saturated rings. The molecule has 5 aliphatic rings. The second-order valence-corrected chi connectivity index (χ2v) is 18.8. The second kappa shape index (κ2) is 13.5. The van der Waals surface area contributed by atoms with Crippen molar-refractivity contribution in [2.75, 3.05) is 13.1 Å². The quantitative estimate of drug-likeness (QED) is 0.253. The summed E-state index contributed by atoms with van der Waals surface area (Å²) in [5, 5.41) is -2.34. The summed E-state index contributed by atoms with van der Waals surface area (Å²) in [5.41, 5.74) is 5.23. The van der Waals surface area contributed by atoms with Crippen molar-refractivity contribution < 1.29 is 13.2 Å². The number of nitrogens with zero attached hydrogens (tertiary/aromatic N) is 1. The summed E-state index contributed by atoms with van der Waals surface area (Å²) in [6.07, 6.45) is 12.9. The summed E-state index contributed by atoms with van der Waals surface area (Å²) in [6, 6.07) is 15.3. The maximum Gasteiger partial charge on any atom is 0.197 e. The van der Waals surface area contributed by atoms with E-state index in [-0.39, 0.29) is 18.8 Å². The third-order valence-corrected chi connectivity index (χ3v) is 15.0. The van der Waals surface area contributed by atoms with Crippen LogP contribution in [0.2, 0.25) is 0 Å². The van der Waals surface area contributed by atoms with Crippen LogP contribution in [0, 0.1) is 35.0 Å². The molecule has 5 heteroatoms. The Morgan fingerprint density at radius 3 is 2.22 bits per heavy atom. The van der Waals surface area contributed by atoms with Crippen molar-refractivity contribution in [3.8, 4) is 0 Å². The second-order valence-electron chi connectivity index (χ2n) is 17.4. The molecular weight excluding hydrogens is 632 g/mol. The Morgan fingerprint density at radius 2 is 1.57 bits per heavy atom. The molecule has 3 saturated carbocycles. The average Bonchev–Trinajstić information content (AvgIpc) is 3.19. The smallest absolute Gasteiger partial charge is 0.197 e. The van der Waals surface area contributed by atoms with Crippen molar-refractivity contribution in [1.82, 2.24) is 4.90 Å². The summed E-state index contributed by atoms with van der Waals surface area (Å²) in [7, 11) is 0. The van der Waals surface area contributed by atoms with Gasteiger partial charge in [0.1, 0.15) is 6.17 Å². The van der Waals surface area contributed by atoms with Crippen molar-refractivity contribution in [1.29, 1.82) is 0 Å². The number of alkyl halides is 3.